The van der Waals surface area contributed by atoms with Gasteiger partial charge in [0.05, 0.1) is 18.9 Å². The second-order valence-electron chi connectivity index (χ2n) is 10.7. The number of carbonyl (C=O) groups excluding carboxylic acids is 4. The number of unbranched alkanes of at least 4 members (excludes halogenated alkanes) is 2. The number of nitrogens with zero attached hydrogens (tertiary/aromatic N) is 1. The first kappa shape index (κ1) is 26.0. The van der Waals surface area contributed by atoms with Crippen molar-refractivity contribution in [2.75, 3.05) is 20.3 Å². The number of esters is 1. The Balaban J connectivity index is 1.01. The Bertz CT molecular complexity index is 1360. The van der Waals surface area contributed by atoms with Gasteiger partial charge in [-0.3, -0.25) is 24.1 Å². The minimum Gasteiger partial charge on any atom is -0.497 e. The molecule has 2 unspecified atom stereocenters. The summed E-state index contributed by atoms with van der Waals surface area (Å²) in [5.74, 6) is -1.14. The maximum atomic E-state index is 13.6. The van der Waals surface area contributed by atoms with Gasteiger partial charge in [0.1, 0.15) is 5.75 Å². The molecule has 1 heterocycles. The Labute approximate surface area is 233 Å². The van der Waals surface area contributed by atoms with Crippen LogP contribution in [-0.2, 0) is 19.1 Å². The van der Waals surface area contributed by atoms with Crippen molar-refractivity contribution in [1.82, 2.24) is 4.90 Å². The first-order valence-corrected chi connectivity index (χ1v) is 13.9. The fourth-order valence-corrected chi connectivity index (χ4v) is 6.75. The van der Waals surface area contributed by atoms with Crippen LogP contribution in [-0.4, -0.2) is 48.7 Å². The molecule has 0 aromatic heterocycles. The molecular formula is C33H31NO6. The number of imide groups is 1. The number of hydrogen-bond acceptors (Lipinski definition) is 6. The zero-order valence-corrected chi connectivity index (χ0v) is 22.4. The topological polar surface area (TPSA) is 90.0 Å². The lowest BCUT2D eigenvalue weighted by Crippen LogP contribution is -2.41. The van der Waals surface area contributed by atoms with Crippen LogP contribution in [0.15, 0.2) is 72.8 Å². The Morgan fingerprint density at radius 1 is 0.725 bits per heavy atom. The highest BCUT2D eigenvalue weighted by Gasteiger charge is 2.61. The average Bonchev–Trinajstić information content (AvgIpc) is 3.25. The van der Waals surface area contributed by atoms with Crippen LogP contribution >= 0.6 is 0 Å². The third-order valence-corrected chi connectivity index (χ3v) is 8.58. The molecule has 2 bridgehead atoms. The molecule has 1 fully saturated rings. The third-order valence-electron chi connectivity index (χ3n) is 8.58. The highest BCUT2D eigenvalue weighted by molar-refractivity contribution is 6.07. The third kappa shape index (κ3) is 4.39. The smallest absolute Gasteiger partial charge is 0.306 e. The van der Waals surface area contributed by atoms with Crippen molar-refractivity contribution in [3.8, 4) is 5.75 Å². The molecule has 0 saturated carbocycles. The monoisotopic (exact) mass is 537 g/mol. The van der Waals surface area contributed by atoms with Crippen LogP contribution in [0.2, 0.25) is 0 Å². The fraction of sp³-hybridized carbons (Fsp3) is 0.333. The summed E-state index contributed by atoms with van der Waals surface area (Å²) in [7, 11) is 1.55. The van der Waals surface area contributed by atoms with Crippen LogP contribution in [0.25, 0.3) is 0 Å². The molecule has 3 aliphatic carbocycles. The minimum atomic E-state index is -0.437. The Kier molecular flexibility index (Phi) is 6.96. The van der Waals surface area contributed by atoms with E-state index in [2.05, 4.69) is 24.3 Å². The molecule has 2 atom stereocenters. The molecule has 0 N–H and O–H groups in total. The van der Waals surface area contributed by atoms with E-state index >= 15 is 0 Å². The lowest BCUT2D eigenvalue weighted by atomic mass is 9.55. The fourth-order valence-electron chi connectivity index (χ4n) is 6.75. The second kappa shape index (κ2) is 10.7. The van der Waals surface area contributed by atoms with E-state index < -0.39 is 5.97 Å². The van der Waals surface area contributed by atoms with E-state index in [1.54, 1.807) is 31.4 Å². The van der Waals surface area contributed by atoms with Crippen molar-refractivity contribution < 1.29 is 28.7 Å². The number of benzene rings is 3. The van der Waals surface area contributed by atoms with Gasteiger partial charge >= 0.3 is 5.97 Å². The van der Waals surface area contributed by atoms with Crippen molar-refractivity contribution in [3.05, 3.63) is 101 Å². The molecule has 7 rings (SSSR count). The number of Topliss-reactive ketones (excluding diaryl/α,β-unsaturated/α-hetero) is 1. The summed E-state index contributed by atoms with van der Waals surface area (Å²) in [6.45, 7) is 0.0413. The van der Waals surface area contributed by atoms with E-state index in [1.807, 2.05) is 24.3 Å². The summed E-state index contributed by atoms with van der Waals surface area (Å²) < 4.78 is 10.2. The largest absolute Gasteiger partial charge is 0.497 e. The lowest BCUT2D eigenvalue weighted by molar-refractivity contribution is -0.143. The number of likely N-dealkylation sites (tertiary alicyclic amines) is 1. The molecule has 7 nitrogen and oxygen atoms in total. The van der Waals surface area contributed by atoms with E-state index in [4.69, 9.17) is 9.47 Å². The number of amides is 2. The SMILES string of the molecule is COc1ccc(C(=O)COC(=O)CCCCCN2C(=O)C3C4c5ccccc5C(c5ccccc54)C3C2=O)cc1. The number of hydrogen-bond donors (Lipinski definition) is 0. The van der Waals surface area contributed by atoms with Crippen LogP contribution in [0.1, 0.15) is 70.1 Å². The van der Waals surface area contributed by atoms with Gasteiger partial charge in [-0.1, -0.05) is 55.0 Å². The zero-order chi connectivity index (χ0) is 27.8. The first-order valence-electron chi connectivity index (χ1n) is 13.9. The van der Waals surface area contributed by atoms with Gasteiger partial charge < -0.3 is 9.47 Å². The Morgan fingerprint density at radius 2 is 1.25 bits per heavy atom. The van der Waals surface area contributed by atoms with E-state index in [1.165, 1.54) is 27.2 Å². The van der Waals surface area contributed by atoms with Gasteiger partial charge in [0.25, 0.3) is 0 Å². The summed E-state index contributed by atoms with van der Waals surface area (Å²) >= 11 is 0. The molecular weight excluding hydrogens is 506 g/mol. The molecule has 7 heteroatoms. The van der Waals surface area contributed by atoms with E-state index in [9.17, 15) is 19.2 Å². The summed E-state index contributed by atoms with van der Waals surface area (Å²) in [6.07, 6.45) is 2.02. The van der Waals surface area contributed by atoms with Crippen LogP contribution in [0, 0.1) is 11.8 Å². The molecule has 3 aromatic rings. The summed E-state index contributed by atoms with van der Waals surface area (Å²) in [5, 5.41) is 0. The molecule has 1 saturated heterocycles. The number of carbonyl (C=O) groups is 4. The van der Waals surface area contributed by atoms with Gasteiger partial charge in [-0.25, -0.2) is 0 Å². The molecule has 4 aliphatic rings. The van der Waals surface area contributed by atoms with Crippen LogP contribution in [0.3, 0.4) is 0 Å². The highest BCUT2D eigenvalue weighted by atomic mass is 16.5. The molecule has 40 heavy (non-hydrogen) atoms. The summed E-state index contributed by atoms with van der Waals surface area (Å²) in [5.41, 5.74) is 5.12. The van der Waals surface area contributed by atoms with Gasteiger partial charge in [-0.05, 0) is 59.4 Å². The van der Waals surface area contributed by atoms with Gasteiger partial charge in [0, 0.05) is 30.4 Å². The second-order valence-corrected chi connectivity index (χ2v) is 10.7. The van der Waals surface area contributed by atoms with Crippen molar-refractivity contribution in [2.45, 2.75) is 37.5 Å². The Morgan fingerprint density at radius 3 is 1.75 bits per heavy atom. The highest BCUT2D eigenvalue weighted by Crippen LogP contribution is 2.60. The molecule has 1 aliphatic heterocycles. The van der Waals surface area contributed by atoms with Gasteiger partial charge in [-0.2, -0.15) is 0 Å². The number of methoxy groups -OCH3 is 1. The number of rotatable bonds is 10. The van der Waals surface area contributed by atoms with Gasteiger partial charge in [0.15, 0.2) is 12.4 Å². The van der Waals surface area contributed by atoms with Gasteiger partial charge in [-0.15, -0.1) is 0 Å². The maximum Gasteiger partial charge on any atom is 0.306 e. The minimum absolute atomic E-state index is 0.0783. The molecule has 2 amide bonds. The molecule has 0 radical (unpaired) electrons. The standard InChI is InChI=1S/C33H31NO6/c1-39-21-16-14-20(15-17-21)26(35)19-40-27(36)13-3-2-8-18-34-32(37)30-28-22-9-4-5-10-23(22)29(31(30)33(34)38)25-12-7-6-11-24(25)28/h4-7,9-12,14-17,28-31H,2-3,8,13,18-19H2,1H3. The lowest BCUT2D eigenvalue weighted by Gasteiger charge is -2.45. The average molecular weight is 538 g/mol. The van der Waals surface area contributed by atoms with Crippen LogP contribution in [0.4, 0.5) is 0 Å². The van der Waals surface area contributed by atoms with Crippen LogP contribution in [0.5, 0.6) is 5.75 Å². The quantitative estimate of drug-likeness (QED) is 0.159. The van der Waals surface area contributed by atoms with Crippen molar-refractivity contribution in [1.29, 1.82) is 0 Å². The Hall–Kier alpha value is -4.26. The van der Waals surface area contributed by atoms with Crippen molar-refractivity contribution in [3.63, 3.8) is 0 Å². The van der Waals surface area contributed by atoms with E-state index in [-0.39, 0.29) is 54.3 Å². The summed E-state index contributed by atoms with van der Waals surface area (Å²) in [4.78, 5) is 53.1. The molecule has 0 spiro atoms. The number of ketones is 1. The van der Waals surface area contributed by atoms with E-state index in [0.29, 0.717) is 37.1 Å². The summed E-state index contributed by atoms with van der Waals surface area (Å²) in [6, 6.07) is 23.1. The van der Waals surface area contributed by atoms with Crippen molar-refractivity contribution in [2.24, 2.45) is 11.8 Å². The predicted molar refractivity (Wildman–Crippen MR) is 147 cm³/mol. The van der Waals surface area contributed by atoms with Gasteiger partial charge in [0.2, 0.25) is 11.8 Å². The zero-order valence-electron chi connectivity index (χ0n) is 22.4. The molecule has 204 valence electrons. The van der Waals surface area contributed by atoms with Crippen LogP contribution < -0.4 is 4.74 Å². The first-order chi connectivity index (χ1) is 19.5. The normalized spacial score (nSPS) is 22.0. The number of ether oxygens (including phenoxy) is 2. The van der Waals surface area contributed by atoms with E-state index in [0.717, 1.165) is 0 Å². The predicted octanol–water partition coefficient (Wildman–Crippen LogP) is 4.87. The molecule has 3 aromatic carbocycles. The van der Waals surface area contributed by atoms with Crippen molar-refractivity contribution >= 4 is 23.6 Å². The maximum absolute atomic E-state index is 13.6.